The number of rotatable bonds is 12. The number of nitrogens with one attached hydrogen (secondary N) is 2. The largest absolute Gasteiger partial charge is 0.462 e. The fourth-order valence-electron chi connectivity index (χ4n) is 3.28. The van der Waals surface area contributed by atoms with Crippen molar-refractivity contribution in [1.82, 2.24) is 14.6 Å². The van der Waals surface area contributed by atoms with Gasteiger partial charge in [-0.15, -0.1) is 0 Å². The number of alkyl halides is 2. The highest BCUT2D eigenvalue weighted by Gasteiger charge is 2.58. The van der Waals surface area contributed by atoms with E-state index < -0.39 is 72.7 Å². The average molecular weight is 632 g/mol. The first kappa shape index (κ1) is 34.6. The molecule has 0 radical (unpaired) electrons. The highest BCUT2D eigenvalue weighted by molar-refractivity contribution is 8.13. The number of aromatic amines is 1. The maximum absolute atomic E-state index is 15.4. The summed E-state index contributed by atoms with van der Waals surface area (Å²) in [5.74, 6) is -0.655. The SMILES string of the molecule is Cc1cn([C@@H]2O[C@H](COP(=O)(N[C@H](C)C(=O)OC(C)C)OCCSC(=O)C(C)(C)C)[C@@H](O)[C@]2(F)Cl)c(=O)[nH]c1=O. The van der Waals surface area contributed by atoms with Gasteiger partial charge in [-0.3, -0.25) is 33.0 Å². The van der Waals surface area contributed by atoms with Crippen LogP contribution in [0.5, 0.6) is 0 Å². The van der Waals surface area contributed by atoms with Crippen LogP contribution in [0.25, 0.3) is 0 Å². The molecular weight excluding hydrogens is 596 g/mol. The summed E-state index contributed by atoms with van der Waals surface area (Å²) in [6.45, 7) is 10.2. The molecule has 0 amide bonds. The number of H-pyrrole nitrogens is 1. The van der Waals surface area contributed by atoms with E-state index in [0.29, 0.717) is 4.57 Å². The Labute approximate surface area is 240 Å². The minimum absolute atomic E-state index is 0.0528. The van der Waals surface area contributed by atoms with E-state index in [1.54, 1.807) is 34.6 Å². The zero-order valence-corrected chi connectivity index (χ0v) is 25.7. The second kappa shape index (κ2) is 13.6. The van der Waals surface area contributed by atoms with Gasteiger partial charge >= 0.3 is 19.4 Å². The first-order valence-electron chi connectivity index (χ1n) is 12.4. The number of carbonyl (C=O) groups excluding carboxylic acids is 2. The number of halogens is 2. The molecular formula is C23H36ClFN3O10PS. The first-order chi connectivity index (χ1) is 18.3. The minimum atomic E-state index is -4.36. The molecule has 1 aromatic heterocycles. The monoisotopic (exact) mass is 631 g/mol. The lowest BCUT2D eigenvalue weighted by molar-refractivity contribution is -0.149. The van der Waals surface area contributed by atoms with E-state index in [1.807, 2.05) is 4.98 Å². The highest BCUT2D eigenvalue weighted by Crippen LogP contribution is 2.48. The molecule has 0 saturated carbocycles. The third-order valence-electron chi connectivity index (χ3n) is 5.43. The third kappa shape index (κ3) is 8.96. The molecule has 1 fully saturated rings. The Bertz CT molecular complexity index is 1230. The van der Waals surface area contributed by atoms with Crippen molar-refractivity contribution in [3.05, 3.63) is 32.6 Å². The van der Waals surface area contributed by atoms with Gasteiger partial charge in [-0.25, -0.2) is 18.8 Å². The molecule has 1 aliphatic heterocycles. The van der Waals surface area contributed by atoms with Gasteiger partial charge in [0.2, 0.25) is 0 Å². The van der Waals surface area contributed by atoms with Gasteiger partial charge in [0.15, 0.2) is 11.3 Å². The summed E-state index contributed by atoms with van der Waals surface area (Å²) in [4.78, 5) is 50.4. The lowest BCUT2D eigenvalue weighted by atomic mass is 10.00. The van der Waals surface area contributed by atoms with Crippen LogP contribution in [-0.2, 0) is 32.7 Å². The lowest BCUT2D eigenvalue weighted by Crippen LogP contribution is -2.42. The van der Waals surface area contributed by atoms with E-state index >= 15 is 4.39 Å². The predicted octanol–water partition coefficient (Wildman–Crippen LogP) is 2.38. The third-order valence-corrected chi connectivity index (χ3v) is 8.80. The topological polar surface area (TPSA) is 175 Å². The van der Waals surface area contributed by atoms with Gasteiger partial charge in [0.1, 0.15) is 18.2 Å². The van der Waals surface area contributed by atoms with Crippen LogP contribution < -0.4 is 16.3 Å². The van der Waals surface area contributed by atoms with Crippen molar-refractivity contribution in [2.75, 3.05) is 19.0 Å². The molecule has 13 nitrogen and oxygen atoms in total. The quantitative estimate of drug-likeness (QED) is 0.133. The van der Waals surface area contributed by atoms with Gasteiger partial charge < -0.3 is 14.6 Å². The molecule has 2 rings (SSSR count). The summed E-state index contributed by atoms with van der Waals surface area (Å²) < 4.78 is 51.0. The average Bonchev–Trinajstić information content (AvgIpc) is 3.05. The number of thioether (sulfide) groups is 1. The summed E-state index contributed by atoms with van der Waals surface area (Å²) in [5, 5.41) is 9.77. The number of aryl methyl sites for hydroxylation is 1. The lowest BCUT2D eigenvalue weighted by Gasteiger charge is -2.25. The Morgan fingerprint density at radius 1 is 1.32 bits per heavy atom. The number of aliphatic hydroxyl groups is 1. The molecule has 3 N–H and O–H groups in total. The Morgan fingerprint density at radius 3 is 2.52 bits per heavy atom. The summed E-state index contributed by atoms with van der Waals surface area (Å²) >= 11 is 6.86. The molecule has 1 aliphatic rings. The van der Waals surface area contributed by atoms with E-state index in [9.17, 15) is 28.8 Å². The number of hydrogen-bond acceptors (Lipinski definition) is 11. The van der Waals surface area contributed by atoms with Crippen LogP contribution in [0.2, 0.25) is 0 Å². The van der Waals surface area contributed by atoms with Crippen LogP contribution in [0.3, 0.4) is 0 Å². The second-order valence-electron chi connectivity index (χ2n) is 10.5. The number of carbonyl (C=O) groups is 2. The molecule has 1 saturated heterocycles. The molecule has 228 valence electrons. The molecule has 6 atom stereocenters. The second-order valence-corrected chi connectivity index (χ2v) is 13.9. The maximum Gasteiger partial charge on any atom is 0.406 e. The minimum Gasteiger partial charge on any atom is -0.462 e. The van der Waals surface area contributed by atoms with Crippen LogP contribution in [-0.4, -0.2) is 74.2 Å². The van der Waals surface area contributed by atoms with Crippen molar-refractivity contribution in [1.29, 1.82) is 0 Å². The fraction of sp³-hybridized carbons (Fsp3) is 0.739. The maximum atomic E-state index is 15.4. The summed E-state index contributed by atoms with van der Waals surface area (Å²) in [7, 11) is -4.36. The number of esters is 1. The number of aliphatic hydroxyl groups excluding tert-OH is 1. The van der Waals surface area contributed by atoms with Gasteiger partial charge in [0.25, 0.3) is 10.7 Å². The summed E-state index contributed by atoms with van der Waals surface area (Å²) in [6, 6.07) is -1.17. The zero-order valence-electron chi connectivity index (χ0n) is 23.3. The van der Waals surface area contributed by atoms with Crippen molar-refractivity contribution in [3.8, 4) is 0 Å². The number of nitrogens with zero attached hydrogens (tertiary/aromatic N) is 1. The fourth-order valence-corrected chi connectivity index (χ4v) is 5.97. The van der Waals surface area contributed by atoms with E-state index in [4.69, 9.17) is 30.1 Å². The highest BCUT2D eigenvalue weighted by atomic mass is 35.5. The predicted molar refractivity (Wildman–Crippen MR) is 146 cm³/mol. The first-order valence-corrected chi connectivity index (χ1v) is 15.3. The van der Waals surface area contributed by atoms with Crippen LogP contribution >= 0.6 is 31.1 Å². The molecule has 0 aromatic carbocycles. The van der Waals surface area contributed by atoms with Crippen LogP contribution in [0.4, 0.5) is 4.39 Å². The van der Waals surface area contributed by atoms with Crippen LogP contribution in [0.15, 0.2) is 15.8 Å². The van der Waals surface area contributed by atoms with Crippen LogP contribution in [0.1, 0.15) is 53.3 Å². The van der Waals surface area contributed by atoms with E-state index in [-0.39, 0.29) is 23.0 Å². The van der Waals surface area contributed by atoms with Crippen molar-refractivity contribution in [2.45, 2.75) is 84.2 Å². The number of hydrogen-bond donors (Lipinski definition) is 3. The molecule has 2 heterocycles. The summed E-state index contributed by atoms with van der Waals surface area (Å²) in [6.07, 6.45) is -4.95. The van der Waals surface area contributed by atoms with Crippen molar-refractivity contribution < 1.29 is 42.2 Å². The van der Waals surface area contributed by atoms with E-state index in [1.165, 1.54) is 13.8 Å². The molecule has 1 unspecified atom stereocenters. The Morgan fingerprint density at radius 2 is 1.95 bits per heavy atom. The molecule has 0 bridgehead atoms. The van der Waals surface area contributed by atoms with Gasteiger partial charge in [-0.05, 0) is 27.7 Å². The van der Waals surface area contributed by atoms with Gasteiger partial charge in [0.05, 0.1) is 19.3 Å². The molecule has 0 spiro atoms. The van der Waals surface area contributed by atoms with Gasteiger partial charge in [-0.2, -0.15) is 0 Å². The summed E-state index contributed by atoms with van der Waals surface area (Å²) in [5.41, 5.74) is -2.29. The standard InChI is InChI=1S/C23H36ClFN3O10PS/c1-12(2)37-18(31)14(4)27-39(34,35-8-9-40-20(32)22(5,6)7)36-11-15-16(29)23(24,25)19(38-15)28-10-13(3)17(30)26-21(28)33/h10,12,14-16,19,29H,8-9,11H2,1-7H3,(H,27,34)(H,26,30,33)/t14-,15-,16-,19-,23-,39?/m1/s1. The molecule has 1 aromatic rings. The number of aromatic nitrogens is 2. The van der Waals surface area contributed by atoms with Crippen LogP contribution in [0, 0.1) is 12.3 Å². The normalized spacial score (nSPS) is 25.5. The zero-order chi connectivity index (χ0) is 30.6. The van der Waals surface area contributed by atoms with Gasteiger partial charge in [0, 0.05) is 22.9 Å². The van der Waals surface area contributed by atoms with E-state index in [0.717, 1.165) is 18.0 Å². The molecule has 17 heteroatoms. The Hall–Kier alpha value is -1.58. The molecule has 0 aliphatic carbocycles. The molecule has 40 heavy (non-hydrogen) atoms. The Balaban J connectivity index is 2.19. The van der Waals surface area contributed by atoms with Crippen molar-refractivity contribution in [3.63, 3.8) is 0 Å². The number of ether oxygens (including phenoxy) is 2. The van der Waals surface area contributed by atoms with Gasteiger partial charge in [-0.1, -0.05) is 44.1 Å². The van der Waals surface area contributed by atoms with E-state index in [2.05, 4.69) is 5.09 Å². The Kier molecular flexibility index (Phi) is 11.8. The van der Waals surface area contributed by atoms with Crippen molar-refractivity contribution >= 4 is 42.2 Å². The van der Waals surface area contributed by atoms with Crippen molar-refractivity contribution in [2.24, 2.45) is 5.41 Å². The smallest absolute Gasteiger partial charge is 0.406 e.